The summed E-state index contributed by atoms with van der Waals surface area (Å²) in [5.41, 5.74) is 0. The van der Waals surface area contributed by atoms with E-state index in [9.17, 15) is 0 Å². The Morgan fingerprint density at radius 1 is 1.57 bits per heavy atom. The molecule has 1 aliphatic rings. The van der Waals surface area contributed by atoms with Crippen LogP contribution in [0.3, 0.4) is 0 Å². The van der Waals surface area contributed by atoms with Crippen molar-refractivity contribution >= 4 is 0 Å². The van der Waals surface area contributed by atoms with Crippen LogP contribution in [0.15, 0.2) is 0 Å². The molecule has 1 rings (SSSR count). The van der Waals surface area contributed by atoms with Crippen LogP contribution in [0.2, 0.25) is 0 Å². The Hall–Kier alpha value is -0.590. The third-order valence-corrected chi connectivity index (χ3v) is 2.70. The normalized spacial score (nSPS) is 24.1. The number of ether oxygens (including phenoxy) is 1. The van der Waals surface area contributed by atoms with Gasteiger partial charge in [0.05, 0.1) is 18.2 Å². The summed E-state index contributed by atoms with van der Waals surface area (Å²) in [7, 11) is 0. The van der Waals surface area contributed by atoms with E-state index in [-0.39, 0.29) is 6.04 Å². The van der Waals surface area contributed by atoms with Crippen LogP contribution in [0.25, 0.3) is 0 Å². The van der Waals surface area contributed by atoms with Crippen molar-refractivity contribution in [3.63, 3.8) is 0 Å². The van der Waals surface area contributed by atoms with Gasteiger partial charge >= 0.3 is 0 Å². The summed E-state index contributed by atoms with van der Waals surface area (Å²) >= 11 is 0. The lowest BCUT2D eigenvalue weighted by molar-refractivity contribution is 0.0114. The van der Waals surface area contributed by atoms with E-state index in [1.807, 2.05) is 6.92 Å². The molecule has 0 aromatic heterocycles. The van der Waals surface area contributed by atoms with Crippen LogP contribution >= 0.6 is 0 Å². The number of hydrogen-bond acceptors (Lipinski definition) is 3. The summed E-state index contributed by atoms with van der Waals surface area (Å²) in [6.07, 6.45) is 6.03. The molecule has 0 bridgehead atoms. The fourth-order valence-corrected chi connectivity index (χ4v) is 1.73. The highest BCUT2D eigenvalue weighted by Gasteiger charge is 2.13. The average molecular weight is 196 g/mol. The Morgan fingerprint density at radius 3 is 3.00 bits per heavy atom. The molecule has 1 heterocycles. The molecule has 2 unspecified atom stereocenters. The van der Waals surface area contributed by atoms with Gasteiger partial charge in [-0.2, -0.15) is 5.26 Å². The van der Waals surface area contributed by atoms with Crippen molar-refractivity contribution in [2.75, 3.05) is 13.2 Å². The minimum atomic E-state index is 0.0126. The maximum Gasteiger partial charge on any atom is 0.0950 e. The molecule has 3 nitrogen and oxygen atoms in total. The second-order valence-electron chi connectivity index (χ2n) is 3.82. The molecular formula is C11H20N2O. The largest absolute Gasteiger partial charge is 0.378 e. The molecule has 0 radical (unpaired) electrons. The lowest BCUT2D eigenvalue weighted by Gasteiger charge is -2.22. The summed E-state index contributed by atoms with van der Waals surface area (Å²) in [5, 5.41) is 11.9. The van der Waals surface area contributed by atoms with Crippen LogP contribution in [-0.2, 0) is 4.74 Å². The van der Waals surface area contributed by atoms with Crippen molar-refractivity contribution in [3.05, 3.63) is 0 Å². The molecular weight excluding hydrogens is 176 g/mol. The van der Waals surface area contributed by atoms with Crippen molar-refractivity contribution in [2.45, 2.75) is 51.2 Å². The zero-order valence-corrected chi connectivity index (χ0v) is 8.96. The van der Waals surface area contributed by atoms with Gasteiger partial charge in [0.15, 0.2) is 0 Å². The number of rotatable bonds is 5. The van der Waals surface area contributed by atoms with E-state index in [1.54, 1.807) is 0 Å². The Morgan fingerprint density at radius 2 is 2.43 bits per heavy atom. The predicted molar refractivity (Wildman–Crippen MR) is 55.9 cm³/mol. The lowest BCUT2D eigenvalue weighted by Crippen LogP contribution is -2.31. The third-order valence-electron chi connectivity index (χ3n) is 2.70. The van der Waals surface area contributed by atoms with Gasteiger partial charge < -0.3 is 10.1 Å². The molecule has 0 aromatic carbocycles. The first-order chi connectivity index (χ1) is 6.86. The third kappa shape index (κ3) is 4.08. The smallest absolute Gasteiger partial charge is 0.0950 e. The average Bonchev–Trinajstić information content (AvgIpc) is 2.26. The van der Waals surface area contributed by atoms with Crippen molar-refractivity contribution < 1.29 is 4.74 Å². The molecule has 0 amide bonds. The standard InChI is InChI=1S/C11H20N2O/c1-2-10(9-12)13-7-6-11-5-3-4-8-14-11/h10-11,13H,2-8H2,1H3. The fraction of sp³-hybridized carbons (Fsp3) is 0.909. The van der Waals surface area contributed by atoms with Crippen LogP contribution in [-0.4, -0.2) is 25.3 Å². The topological polar surface area (TPSA) is 45.0 Å². The minimum absolute atomic E-state index is 0.0126. The first-order valence-corrected chi connectivity index (χ1v) is 5.61. The Bertz CT molecular complexity index is 182. The monoisotopic (exact) mass is 196 g/mol. The zero-order chi connectivity index (χ0) is 10.2. The van der Waals surface area contributed by atoms with Gasteiger partial charge in [-0.1, -0.05) is 6.92 Å². The molecule has 0 aliphatic carbocycles. The van der Waals surface area contributed by atoms with E-state index < -0.39 is 0 Å². The number of nitrogens with one attached hydrogen (secondary N) is 1. The molecule has 2 atom stereocenters. The van der Waals surface area contributed by atoms with Gasteiger partial charge in [-0.3, -0.25) is 0 Å². The molecule has 1 N–H and O–H groups in total. The van der Waals surface area contributed by atoms with E-state index in [2.05, 4.69) is 11.4 Å². The summed E-state index contributed by atoms with van der Waals surface area (Å²) < 4.78 is 5.60. The van der Waals surface area contributed by atoms with Crippen molar-refractivity contribution in [1.29, 1.82) is 5.26 Å². The van der Waals surface area contributed by atoms with E-state index >= 15 is 0 Å². The molecule has 1 aliphatic heterocycles. The highest BCUT2D eigenvalue weighted by atomic mass is 16.5. The number of nitriles is 1. The van der Waals surface area contributed by atoms with Crippen LogP contribution in [0.1, 0.15) is 39.0 Å². The van der Waals surface area contributed by atoms with Gasteiger partial charge in [0.25, 0.3) is 0 Å². The Labute approximate surface area is 86.4 Å². The quantitative estimate of drug-likeness (QED) is 0.729. The number of nitrogens with zero attached hydrogens (tertiary/aromatic N) is 1. The van der Waals surface area contributed by atoms with E-state index in [1.165, 1.54) is 19.3 Å². The maximum atomic E-state index is 8.72. The first-order valence-electron chi connectivity index (χ1n) is 5.61. The first kappa shape index (κ1) is 11.5. The molecule has 3 heteroatoms. The maximum absolute atomic E-state index is 8.72. The second-order valence-corrected chi connectivity index (χ2v) is 3.82. The Balaban J connectivity index is 2.05. The molecule has 1 fully saturated rings. The van der Waals surface area contributed by atoms with Crippen LogP contribution < -0.4 is 5.32 Å². The van der Waals surface area contributed by atoms with Crippen molar-refractivity contribution in [3.8, 4) is 6.07 Å². The van der Waals surface area contributed by atoms with E-state index in [4.69, 9.17) is 10.00 Å². The van der Waals surface area contributed by atoms with Crippen LogP contribution in [0.5, 0.6) is 0 Å². The minimum Gasteiger partial charge on any atom is -0.378 e. The van der Waals surface area contributed by atoms with Gasteiger partial charge in [-0.25, -0.2) is 0 Å². The van der Waals surface area contributed by atoms with Crippen LogP contribution in [0, 0.1) is 11.3 Å². The van der Waals surface area contributed by atoms with Gasteiger partial charge in [0.2, 0.25) is 0 Å². The van der Waals surface area contributed by atoms with Crippen molar-refractivity contribution in [1.82, 2.24) is 5.32 Å². The molecule has 14 heavy (non-hydrogen) atoms. The van der Waals surface area contributed by atoms with Gasteiger partial charge in [-0.15, -0.1) is 0 Å². The van der Waals surface area contributed by atoms with E-state index in [0.29, 0.717) is 6.10 Å². The fourth-order valence-electron chi connectivity index (χ4n) is 1.73. The molecule has 80 valence electrons. The summed E-state index contributed by atoms with van der Waals surface area (Å²) in [6, 6.07) is 2.25. The lowest BCUT2D eigenvalue weighted by atomic mass is 10.1. The molecule has 0 spiro atoms. The second kappa shape index (κ2) is 6.80. The zero-order valence-electron chi connectivity index (χ0n) is 8.96. The van der Waals surface area contributed by atoms with Gasteiger partial charge in [0.1, 0.15) is 0 Å². The molecule has 0 saturated carbocycles. The highest BCUT2D eigenvalue weighted by Crippen LogP contribution is 2.14. The van der Waals surface area contributed by atoms with Gasteiger partial charge in [-0.05, 0) is 38.6 Å². The van der Waals surface area contributed by atoms with Crippen molar-refractivity contribution in [2.24, 2.45) is 0 Å². The predicted octanol–water partition coefficient (Wildman–Crippen LogP) is 1.84. The summed E-state index contributed by atoms with van der Waals surface area (Å²) in [5.74, 6) is 0. The highest BCUT2D eigenvalue weighted by molar-refractivity contribution is 4.88. The van der Waals surface area contributed by atoms with E-state index in [0.717, 1.165) is 26.0 Å². The SMILES string of the molecule is CCC(C#N)NCCC1CCCCO1. The van der Waals surface area contributed by atoms with Gasteiger partial charge in [0, 0.05) is 6.61 Å². The molecule has 0 aromatic rings. The summed E-state index contributed by atoms with van der Waals surface area (Å²) in [4.78, 5) is 0. The summed E-state index contributed by atoms with van der Waals surface area (Å²) in [6.45, 7) is 3.84. The molecule has 1 saturated heterocycles. The van der Waals surface area contributed by atoms with Crippen LogP contribution in [0.4, 0.5) is 0 Å². The Kier molecular flexibility index (Phi) is 5.58. The number of hydrogen-bond donors (Lipinski definition) is 1.